The lowest BCUT2D eigenvalue weighted by Gasteiger charge is -2.08. The van der Waals surface area contributed by atoms with Gasteiger partial charge in [-0.3, -0.25) is 19.9 Å². The number of imide groups is 1. The van der Waals surface area contributed by atoms with E-state index in [0.29, 0.717) is 13.0 Å². The van der Waals surface area contributed by atoms with E-state index in [2.05, 4.69) is 10.3 Å². The van der Waals surface area contributed by atoms with Gasteiger partial charge in [0.25, 0.3) is 5.24 Å². The Kier molecular flexibility index (Phi) is 4.42. The minimum absolute atomic E-state index is 0.229. The molecule has 3 heterocycles. The number of ether oxygens (including phenoxy) is 1. The van der Waals surface area contributed by atoms with E-state index >= 15 is 0 Å². The van der Waals surface area contributed by atoms with Gasteiger partial charge in [-0.05, 0) is 41.6 Å². The van der Waals surface area contributed by atoms with E-state index in [1.54, 1.807) is 17.5 Å². The van der Waals surface area contributed by atoms with Crippen molar-refractivity contribution in [2.75, 3.05) is 0 Å². The van der Waals surface area contributed by atoms with Crippen molar-refractivity contribution in [3.05, 3.63) is 58.4 Å². The number of nitrogens with zero attached hydrogens (tertiary/aromatic N) is 1. The Balaban J connectivity index is 1.48. The van der Waals surface area contributed by atoms with Gasteiger partial charge in [0, 0.05) is 22.5 Å². The van der Waals surface area contributed by atoms with Crippen molar-refractivity contribution < 1.29 is 14.3 Å². The van der Waals surface area contributed by atoms with Crippen molar-refractivity contribution in [2.24, 2.45) is 0 Å². The van der Waals surface area contributed by atoms with Crippen LogP contribution in [-0.4, -0.2) is 21.4 Å². The van der Waals surface area contributed by atoms with Crippen LogP contribution >= 0.6 is 23.1 Å². The Morgan fingerprint density at radius 2 is 2.12 bits per heavy atom. The molecule has 0 radical (unpaired) electrons. The summed E-state index contributed by atoms with van der Waals surface area (Å²) in [4.78, 5) is 28.6. The summed E-state index contributed by atoms with van der Waals surface area (Å²) in [6, 6.07) is 11.8. The third kappa shape index (κ3) is 3.67. The first-order valence-electron chi connectivity index (χ1n) is 7.73. The Morgan fingerprint density at radius 1 is 1.20 bits per heavy atom. The number of fused-ring (bicyclic) bond motifs is 1. The highest BCUT2D eigenvalue weighted by Crippen LogP contribution is 2.25. The maximum absolute atomic E-state index is 11.7. The molecule has 0 aliphatic carbocycles. The van der Waals surface area contributed by atoms with Gasteiger partial charge in [0.15, 0.2) is 0 Å². The molecule has 1 atom stereocenters. The summed E-state index contributed by atoms with van der Waals surface area (Å²) in [5.41, 5.74) is 1.77. The van der Waals surface area contributed by atoms with Crippen LogP contribution in [0.5, 0.6) is 5.75 Å². The van der Waals surface area contributed by atoms with E-state index in [9.17, 15) is 9.59 Å². The molecule has 5 nitrogen and oxygen atoms in total. The second-order valence-electron chi connectivity index (χ2n) is 5.65. The number of hydrogen-bond donors (Lipinski definition) is 1. The predicted octanol–water partition coefficient (Wildman–Crippen LogP) is 3.77. The zero-order valence-corrected chi connectivity index (χ0v) is 14.7. The molecule has 7 heteroatoms. The summed E-state index contributed by atoms with van der Waals surface area (Å²) >= 11 is 2.70. The maximum Gasteiger partial charge on any atom is 0.286 e. The minimum Gasteiger partial charge on any atom is -0.488 e. The van der Waals surface area contributed by atoms with Gasteiger partial charge in [-0.15, -0.1) is 11.3 Å². The molecular weight excluding hydrogens is 356 g/mol. The lowest BCUT2D eigenvalue weighted by atomic mass is 10.1. The lowest BCUT2D eigenvalue weighted by molar-refractivity contribution is -0.118. The quantitative estimate of drug-likeness (QED) is 0.740. The standard InChI is InChI=1S/C18H14N2O3S2/c21-17-16(25-18(22)20-17)7-11-6-12-3-4-13(8-15(12)19-9-11)23-10-14-2-1-5-24-14/h1-6,8-9,16H,7,10H2,(H,20,21,22). The monoisotopic (exact) mass is 370 g/mol. The molecule has 1 unspecified atom stereocenters. The molecule has 3 aromatic rings. The van der Waals surface area contributed by atoms with Crippen LogP contribution in [0.15, 0.2) is 48.0 Å². The number of amides is 2. The Morgan fingerprint density at radius 3 is 2.88 bits per heavy atom. The van der Waals surface area contributed by atoms with Crippen molar-refractivity contribution in [3.63, 3.8) is 0 Å². The van der Waals surface area contributed by atoms with Gasteiger partial charge in [-0.1, -0.05) is 17.8 Å². The Bertz CT molecular complexity index is 941. The molecule has 1 aromatic carbocycles. The van der Waals surface area contributed by atoms with E-state index in [1.807, 2.05) is 41.8 Å². The first-order valence-corrected chi connectivity index (χ1v) is 9.49. The molecule has 1 aliphatic heterocycles. The largest absolute Gasteiger partial charge is 0.488 e. The van der Waals surface area contributed by atoms with Gasteiger partial charge in [0.05, 0.1) is 10.8 Å². The van der Waals surface area contributed by atoms with Crippen LogP contribution in [-0.2, 0) is 17.8 Å². The molecule has 0 bridgehead atoms. The zero-order chi connectivity index (χ0) is 17.2. The number of carbonyl (C=O) groups excluding carboxylic acids is 2. The van der Waals surface area contributed by atoms with Crippen molar-refractivity contribution in [2.45, 2.75) is 18.3 Å². The van der Waals surface area contributed by atoms with Gasteiger partial charge < -0.3 is 4.74 Å². The van der Waals surface area contributed by atoms with Crippen LogP contribution in [0, 0.1) is 0 Å². The average molecular weight is 370 g/mol. The summed E-state index contributed by atoms with van der Waals surface area (Å²) in [6.45, 7) is 0.545. The smallest absolute Gasteiger partial charge is 0.286 e. The highest BCUT2D eigenvalue weighted by Gasteiger charge is 2.31. The summed E-state index contributed by atoms with van der Waals surface area (Å²) < 4.78 is 5.80. The Labute approximate surface area is 152 Å². The maximum atomic E-state index is 11.7. The van der Waals surface area contributed by atoms with Gasteiger partial charge in [-0.25, -0.2) is 0 Å². The highest BCUT2D eigenvalue weighted by molar-refractivity contribution is 8.15. The van der Waals surface area contributed by atoms with Crippen LogP contribution in [0.3, 0.4) is 0 Å². The van der Waals surface area contributed by atoms with E-state index in [-0.39, 0.29) is 16.4 Å². The number of nitrogens with one attached hydrogen (secondary N) is 1. The summed E-state index contributed by atoms with van der Waals surface area (Å²) in [6.07, 6.45) is 2.24. The molecule has 2 amide bonds. The summed E-state index contributed by atoms with van der Waals surface area (Å²) in [7, 11) is 0. The number of thiophene rings is 1. The Hall–Kier alpha value is -2.38. The van der Waals surface area contributed by atoms with Crippen LogP contribution in [0.2, 0.25) is 0 Å². The first-order chi connectivity index (χ1) is 12.2. The molecule has 1 saturated heterocycles. The topological polar surface area (TPSA) is 68.3 Å². The van der Waals surface area contributed by atoms with Crippen molar-refractivity contribution in [3.8, 4) is 5.75 Å². The summed E-state index contributed by atoms with van der Waals surface area (Å²) in [5, 5.41) is 4.66. The van der Waals surface area contributed by atoms with E-state index in [4.69, 9.17) is 4.74 Å². The summed E-state index contributed by atoms with van der Waals surface area (Å²) in [5.74, 6) is 0.546. The normalized spacial score (nSPS) is 17.0. The predicted molar refractivity (Wildman–Crippen MR) is 99.0 cm³/mol. The number of pyridine rings is 1. The second-order valence-corrected chi connectivity index (χ2v) is 7.86. The molecule has 1 N–H and O–H groups in total. The van der Waals surface area contributed by atoms with Crippen molar-refractivity contribution in [1.29, 1.82) is 0 Å². The third-order valence-corrected chi connectivity index (χ3v) is 5.69. The average Bonchev–Trinajstić information content (AvgIpc) is 3.23. The molecule has 2 aromatic heterocycles. The van der Waals surface area contributed by atoms with Crippen molar-refractivity contribution >= 4 is 45.1 Å². The van der Waals surface area contributed by atoms with Gasteiger partial charge in [0.1, 0.15) is 12.4 Å². The molecule has 0 spiro atoms. The highest BCUT2D eigenvalue weighted by atomic mass is 32.2. The van der Waals surface area contributed by atoms with E-state index in [0.717, 1.165) is 34.0 Å². The van der Waals surface area contributed by atoms with Crippen LogP contribution in [0.1, 0.15) is 10.4 Å². The zero-order valence-electron chi connectivity index (χ0n) is 13.1. The number of hydrogen-bond acceptors (Lipinski definition) is 6. The van der Waals surface area contributed by atoms with Crippen LogP contribution in [0.4, 0.5) is 4.79 Å². The minimum atomic E-state index is -0.375. The number of rotatable bonds is 5. The third-order valence-electron chi connectivity index (χ3n) is 3.86. The SMILES string of the molecule is O=C1NC(=O)C(Cc2cnc3cc(OCc4cccs4)ccc3c2)S1. The molecule has 1 fully saturated rings. The molecular formula is C18H14N2O3S2. The fourth-order valence-corrected chi connectivity index (χ4v) is 4.11. The number of carbonyl (C=O) groups is 2. The van der Waals surface area contributed by atoms with E-state index in [1.165, 1.54) is 4.88 Å². The fraction of sp³-hybridized carbons (Fsp3) is 0.167. The van der Waals surface area contributed by atoms with Crippen molar-refractivity contribution in [1.82, 2.24) is 10.3 Å². The van der Waals surface area contributed by atoms with Gasteiger partial charge in [0.2, 0.25) is 5.91 Å². The second kappa shape index (κ2) is 6.85. The fourth-order valence-electron chi connectivity index (χ4n) is 2.64. The number of benzene rings is 1. The molecule has 126 valence electrons. The number of thioether (sulfide) groups is 1. The number of aromatic nitrogens is 1. The molecule has 25 heavy (non-hydrogen) atoms. The molecule has 1 aliphatic rings. The molecule has 4 rings (SSSR count). The van der Waals surface area contributed by atoms with E-state index < -0.39 is 0 Å². The molecule has 0 saturated carbocycles. The lowest BCUT2D eigenvalue weighted by Crippen LogP contribution is -2.25. The van der Waals surface area contributed by atoms with Gasteiger partial charge in [-0.2, -0.15) is 0 Å². The van der Waals surface area contributed by atoms with Crippen LogP contribution in [0.25, 0.3) is 10.9 Å². The van der Waals surface area contributed by atoms with Gasteiger partial charge >= 0.3 is 0 Å². The first kappa shape index (κ1) is 16.1. The van der Waals surface area contributed by atoms with Crippen LogP contribution < -0.4 is 10.1 Å².